The van der Waals surface area contributed by atoms with Crippen LogP contribution in [0.4, 0.5) is 0 Å². The fourth-order valence-electron chi connectivity index (χ4n) is 3.95. The molecule has 5 rings (SSSR count). The highest BCUT2D eigenvalue weighted by atomic mass is 31.1. The van der Waals surface area contributed by atoms with E-state index in [0.29, 0.717) is 12.3 Å². The minimum absolute atomic E-state index is 0.325. The SMILES string of the molecule is CCOC(=O)/C=C(/C)Np1oc2ccc3ccccc3c2c2c(ccc3ccccc32)o1. The molecule has 1 aromatic heterocycles. The second-order valence-corrected chi connectivity index (χ2v) is 8.55. The third-order valence-electron chi connectivity index (χ3n) is 5.28. The molecule has 0 aliphatic rings. The predicted molar refractivity (Wildman–Crippen MR) is 131 cm³/mol. The van der Waals surface area contributed by atoms with Crippen LogP contribution in [0.25, 0.3) is 43.5 Å². The standard InChI is InChI=1S/C26H22NO4P/c1-3-29-24(28)16-17(2)27-32-30-22-14-12-18-8-4-6-10-20(18)25(22)26-21-11-7-5-9-19(21)13-15-23(26)31-32/h4-16,27H,3H2,1-2H3/b17-16-. The van der Waals surface area contributed by atoms with Gasteiger partial charge in [-0.05, 0) is 47.5 Å². The summed E-state index contributed by atoms with van der Waals surface area (Å²) in [4.78, 5) is 11.8. The van der Waals surface area contributed by atoms with E-state index in [4.69, 9.17) is 13.1 Å². The molecule has 0 aliphatic carbocycles. The second-order valence-electron chi connectivity index (χ2n) is 7.45. The average molecular weight is 443 g/mol. The smallest absolute Gasteiger partial charge is 0.338 e. The Morgan fingerprint density at radius 1 is 0.875 bits per heavy atom. The normalized spacial score (nSPS) is 11.9. The Balaban J connectivity index is 1.85. The van der Waals surface area contributed by atoms with Crippen LogP contribution in [0.1, 0.15) is 13.8 Å². The zero-order valence-electron chi connectivity index (χ0n) is 17.8. The summed E-state index contributed by atoms with van der Waals surface area (Å²) in [6.45, 7) is 3.89. The molecule has 0 amide bonds. The van der Waals surface area contributed by atoms with Gasteiger partial charge in [0.05, 0.1) is 6.61 Å². The molecule has 0 atom stereocenters. The number of carbonyl (C=O) groups excluding carboxylic acids is 1. The van der Waals surface area contributed by atoms with Gasteiger partial charge in [-0.1, -0.05) is 60.7 Å². The summed E-state index contributed by atoms with van der Waals surface area (Å²) < 4.78 is 17.7. The van der Waals surface area contributed by atoms with Crippen molar-refractivity contribution < 1.29 is 17.9 Å². The van der Waals surface area contributed by atoms with Gasteiger partial charge in [-0.2, -0.15) is 0 Å². The van der Waals surface area contributed by atoms with Crippen LogP contribution in [0.3, 0.4) is 0 Å². The van der Waals surface area contributed by atoms with Crippen molar-refractivity contribution in [2.24, 2.45) is 0 Å². The first-order valence-corrected chi connectivity index (χ1v) is 11.6. The Morgan fingerprint density at radius 2 is 1.41 bits per heavy atom. The quantitative estimate of drug-likeness (QED) is 0.229. The van der Waals surface area contributed by atoms with Crippen molar-refractivity contribution >= 4 is 57.6 Å². The predicted octanol–water partition coefficient (Wildman–Crippen LogP) is 7.61. The molecule has 0 fully saturated rings. The highest BCUT2D eigenvalue weighted by Gasteiger charge is 2.13. The lowest BCUT2D eigenvalue weighted by Crippen LogP contribution is -2.02. The Morgan fingerprint density at radius 3 is 1.94 bits per heavy atom. The van der Waals surface area contributed by atoms with Crippen LogP contribution < -0.4 is 5.09 Å². The van der Waals surface area contributed by atoms with Crippen LogP contribution in [0.2, 0.25) is 0 Å². The van der Waals surface area contributed by atoms with Crippen molar-refractivity contribution in [3.63, 3.8) is 0 Å². The minimum Gasteiger partial charge on any atom is -0.463 e. The van der Waals surface area contributed by atoms with Crippen LogP contribution in [-0.4, -0.2) is 12.6 Å². The maximum atomic E-state index is 11.8. The number of allylic oxidation sites excluding steroid dienone is 1. The molecule has 0 saturated carbocycles. The van der Waals surface area contributed by atoms with Gasteiger partial charge in [0.15, 0.2) is 0 Å². The van der Waals surface area contributed by atoms with Crippen molar-refractivity contribution in [2.75, 3.05) is 11.7 Å². The van der Waals surface area contributed by atoms with Gasteiger partial charge in [0.2, 0.25) is 0 Å². The number of benzene rings is 4. The molecule has 0 aliphatic heterocycles. The first-order valence-electron chi connectivity index (χ1n) is 10.5. The van der Waals surface area contributed by atoms with E-state index in [1.807, 2.05) is 36.4 Å². The fourth-order valence-corrected chi connectivity index (χ4v) is 5.09. The van der Waals surface area contributed by atoms with E-state index in [0.717, 1.165) is 43.5 Å². The molecule has 0 bridgehead atoms. The minimum atomic E-state index is -1.59. The molecule has 0 radical (unpaired) electrons. The number of fused-ring (bicyclic) bond motifs is 7. The lowest BCUT2D eigenvalue weighted by Gasteiger charge is -2.05. The third kappa shape index (κ3) is 3.72. The molecule has 0 saturated heterocycles. The van der Waals surface area contributed by atoms with Crippen LogP contribution in [0, 0.1) is 0 Å². The summed E-state index contributed by atoms with van der Waals surface area (Å²) in [7, 11) is -1.59. The topological polar surface area (TPSA) is 64.6 Å². The summed E-state index contributed by atoms with van der Waals surface area (Å²) in [5, 5.41) is 9.68. The Bertz CT molecular complexity index is 1450. The van der Waals surface area contributed by atoms with Crippen LogP contribution in [0.5, 0.6) is 0 Å². The van der Waals surface area contributed by atoms with Gasteiger partial charge in [-0.3, -0.25) is 5.09 Å². The first kappa shape index (κ1) is 20.2. The lowest BCUT2D eigenvalue weighted by molar-refractivity contribution is -0.137. The van der Waals surface area contributed by atoms with E-state index in [1.54, 1.807) is 13.8 Å². The summed E-state index contributed by atoms with van der Waals surface area (Å²) in [5.74, 6) is -0.403. The van der Waals surface area contributed by atoms with Crippen LogP contribution >= 0.6 is 8.16 Å². The summed E-state index contributed by atoms with van der Waals surface area (Å²) >= 11 is 0. The third-order valence-corrected chi connectivity index (χ3v) is 6.54. The van der Waals surface area contributed by atoms with Crippen molar-refractivity contribution in [1.82, 2.24) is 0 Å². The molecule has 32 heavy (non-hydrogen) atoms. The number of hydrogen-bond acceptors (Lipinski definition) is 5. The van der Waals surface area contributed by atoms with Gasteiger partial charge in [0.1, 0.15) is 11.2 Å². The fraction of sp³-hybridized carbons (Fsp3) is 0.115. The van der Waals surface area contributed by atoms with Gasteiger partial charge in [-0.25, -0.2) is 4.79 Å². The molecule has 5 aromatic rings. The molecule has 160 valence electrons. The molecule has 1 N–H and O–H groups in total. The molecular formula is C26H22NO4P. The van der Waals surface area contributed by atoms with E-state index in [9.17, 15) is 4.79 Å². The number of rotatable bonds is 4. The van der Waals surface area contributed by atoms with Crippen molar-refractivity contribution in [1.29, 1.82) is 0 Å². The van der Waals surface area contributed by atoms with E-state index in [-0.39, 0.29) is 0 Å². The van der Waals surface area contributed by atoms with Gasteiger partial charge < -0.3 is 13.1 Å². The van der Waals surface area contributed by atoms with Crippen molar-refractivity contribution in [3.8, 4) is 0 Å². The molecule has 4 aromatic carbocycles. The number of hydrogen-bond donors (Lipinski definition) is 1. The zero-order chi connectivity index (χ0) is 22.1. The van der Waals surface area contributed by atoms with E-state index < -0.39 is 14.1 Å². The number of nitrogens with one attached hydrogen (secondary N) is 1. The Kier molecular flexibility index (Phi) is 5.34. The number of carbonyl (C=O) groups is 1. The van der Waals surface area contributed by atoms with E-state index >= 15 is 0 Å². The van der Waals surface area contributed by atoms with Crippen LogP contribution in [0.15, 0.2) is 93.0 Å². The summed E-state index contributed by atoms with van der Waals surface area (Å²) in [5.41, 5.74) is 2.09. The second kappa shape index (κ2) is 8.45. The van der Waals surface area contributed by atoms with Crippen molar-refractivity contribution in [2.45, 2.75) is 13.8 Å². The van der Waals surface area contributed by atoms with Gasteiger partial charge in [0, 0.05) is 22.5 Å². The maximum Gasteiger partial charge on any atom is 0.338 e. The average Bonchev–Trinajstić information content (AvgIpc) is 2.95. The molecule has 0 unspecified atom stereocenters. The highest BCUT2D eigenvalue weighted by Crippen LogP contribution is 2.40. The van der Waals surface area contributed by atoms with E-state index in [1.165, 1.54) is 6.08 Å². The monoisotopic (exact) mass is 443 g/mol. The highest BCUT2D eigenvalue weighted by molar-refractivity contribution is 7.39. The summed E-state index contributed by atoms with van der Waals surface area (Å²) in [6, 6.07) is 24.6. The maximum absolute atomic E-state index is 11.8. The zero-order valence-corrected chi connectivity index (χ0v) is 18.7. The molecular weight excluding hydrogens is 421 g/mol. The number of ether oxygens (including phenoxy) is 1. The van der Waals surface area contributed by atoms with Gasteiger partial charge in [-0.15, -0.1) is 0 Å². The molecule has 1 heterocycles. The van der Waals surface area contributed by atoms with Gasteiger partial charge in [0.25, 0.3) is 0 Å². The lowest BCUT2D eigenvalue weighted by atomic mass is 9.99. The van der Waals surface area contributed by atoms with Crippen molar-refractivity contribution in [3.05, 3.63) is 84.6 Å². The van der Waals surface area contributed by atoms with Crippen LogP contribution in [-0.2, 0) is 9.53 Å². The molecule has 5 nitrogen and oxygen atoms in total. The largest absolute Gasteiger partial charge is 0.463 e. The first-order chi connectivity index (χ1) is 15.6. The van der Waals surface area contributed by atoms with Gasteiger partial charge >= 0.3 is 14.1 Å². The molecule has 0 spiro atoms. The van der Waals surface area contributed by atoms with E-state index in [2.05, 4.69) is 41.5 Å². The Labute approximate surface area is 185 Å². The molecule has 6 heteroatoms. The Hall–Kier alpha value is -3.69. The summed E-state index contributed by atoms with van der Waals surface area (Å²) in [6.07, 6.45) is 1.41. The number of esters is 1.